The minimum atomic E-state index is 0.841. The molecule has 0 amide bonds. The zero-order valence-electron chi connectivity index (χ0n) is 27.4. The lowest BCUT2D eigenvalue weighted by Gasteiger charge is -2.25. The van der Waals surface area contributed by atoms with Crippen molar-refractivity contribution in [3.05, 3.63) is 200 Å². The molecule has 0 aliphatic rings. The van der Waals surface area contributed by atoms with Crippen LogP contribution < -0.4 is 4.90 Å². The van der Waals surface area contributed by atoms with Crippen molar-refractivity contribution in [1.82, 2.24) is 0 Å². The van der Waals surface area contributed by atoms with E-state index in [2.05, 4.69) is 205 Å². The van der Waals surface area contributed by atoms with Gasteiger partial charge in [-0.25, -0.2) is 0 Å². The molecule has 0 saturated carbocycles. The third-order valence-corrected chi connectivity index (χ3v) is 9.44. The average molecular weight is 640 g/mol. The van der Waals surface area contributed by atoms with Gasteiger partial charge in [-0.1, -0.05) is 170 Å². The second kappa shape index (κ2) is 12.8. The number of furan rings is 1. The molecule has 236 valence electrons. The Morgan fingerprint density at radius 2 is 0.680 bits per heavy atom. The second-order valence-electron chi connectivity index (χ2n) is 12.4. The van der Waals surface area contributed by atoms with Crippen LogP contribution in [0.3, 0.4) is 0 Å². The predicted octanol–water partition coefficient (Wildman–Crippen LogP) is 13.7. The summed E-state index contributed by atoms with van der Waals surface area (Å²) in [7, 11) is 0. The molecule has 0 unspecified atom stereocenters. The molecule has 0 fully saturated rings. The Balaban J connectivity index is 1.51. The maximum Gasteiger partial charge on any atom is 0.159 e. The summed E-state index contributed by atoms with van der Waals surface area (Å²) < 4.78 is 7.37. The second-order valence-corrected chi connectivity index (χ2v) is 12.4. The Hall–Kier alpha value is -6.64. The van der Waals surface area contributed by atoms with E-state index in [9.17, 15) is 0 Å². The number of rotatable bonds is 7. The molecule has 8 aromatic carbocycles. The first kappa shape index (κ1) is 29.5. The van der Waals surface area contributed by atoms with Crippen LogP contribution in [0.5, 0.6) is 0 Å². The van der Waals surface area contributed by atoms with Gasteiger partial charge in [0.2, 0.25) is 0 Å². The topological polar surface area (TPSA) is 16.4 Å². The van der Waals surface area contributed by atoms with Gasteiger partial charge >= 0.3 is 0 Å². The van der Waals surface area contributed by atoms with Gasteiger partial charge in [0.15, 0.2) is 5.58 Å². The van der Waals surface area contributed by atoms with Crippen LogP contribution in [-0.2, 0) is 0 Å². The Labute approximate surface area is 292 Å². The lowest BCUT2D eigenvalue weighted by molar-refractivity contribution is 0.670. The first-order valence-corrected chi connectivity index (χ1v) is 17.0. The molecule has 50 heavy (non-hydrogen) atoms. The number of hydrogen-bond acceptors (Lipinski definition) is 2. The van der Waals surface area contributed by atoms with E-state index in [0.717, 1.165) is 77.9 Å². The van der Waals surface area contributed by atoms with Crippen LogP contribution in [0.25, 0.3) is 66.4 Å². The quantitative estimate of drug-likeness (QED) is 0.173. The van der Waals surface area contributed by atoms with Crippen molar-refractivity contribution < 1.29 is 4.42 Å². The summed E-state index contributed by atoms with van der Waals surface area (Å²) in [6.07, 6.45) is 0. The molecule has 0 atom stereocenters. The van der Waals surface area contributed by atoms with Gasteiger partial charge in [-0.15, -0.1) is 0 Å². The van der Waals surface area contributed by atoms with E-state index in [0.29, 0.717) is 0 Å². The first-order chi connectivity index (χ1) is 24.9. The third kappa shape index (κ3) is 5.06. The summed E-state index contributed by atoms with van der Waals surface area (Å²) in [5.74, 6) is 0. The SMILES string of the molecule is c1ccc(-c2c(-c3ccccc3)c(-c3ccccc3)c3c(oc4c(N(c5ccccc5)c5ccccc5)cccc43)c2-c2ccccc2)cc1. The fourth-order valence-corrected chi connectivity index (χ4v) is 7.34. The van der Waals surface area contributed by atoms with Crippen molar-refractivity contribution in [2.75, 3.05) is 4.90 Å². The molecule has 0 spiro atoms. The van der Waals surface area contributed by atoms with Crippen molar-refractivity contribution in [3.63, 3.8) is 0 Å². The monoisotopic (exact) mass is 639 g/mol. The summed E-state index contributed by atoms with van der Waals surface area (Å²) in [5, 5.41) is 2.17. The third-order valence-electron chi connectivity index (χ3n) is 9.44. The maximum atomic E-state index is 7.37. The van der Waals surface area contributed by atoms with E-state index in [1.54, 1.807) is 0 Å². The van der Waals surface area contributed by atoms with E-state index in [1.807, 2.05) is 0 Å². The largest absolute Gasteiger partial charge is 0.453 e. The molecule has 0 bridgehead atoms. The molecule has 9 rings (SSSR count). The number of fused-ring (bicyclic) bond motifs is 3. The molecule has 2 nitrogen and oxygen atoms in total. The highest BCUT2D eigenvalue weighted by atomic mass is 16.3. The maximum absolute atomic E-state index is 7.37. The van der Waals surface area contributed by atoms with Gasteiger partial charge in [-0.05, 0) is 58.1 Å². The van der Waals surface area contributed by atoms with Crippen molar-refractivity contribution in [1.29, 1.82) is 0 Å². The number of nitrogens with zero attached hydrogens (tertiary/aromatic N) is 1. The Morgan fingerprint density at radius 3 is 1.14 bits per heavy atom. The Kier molecular flexibility index (Phi) is 7.53. The van der Waals surface area contributed by atoms with E-state index < -0.39 is 0 Å². The van der Waals surface area contributed by atoms with Gasteiger partial charge in [-0.3, -0.25) is 0 Å². The van der Waals surface area contributed by atoms with Gasteiger partial charge in [0, 0.05) is 38.8 Å². The van der Waals surface area contributed by atoms with E-state index in [4.69, 9.17) is 4.42 Å². The van der Waals surface area contributed by atoms with Crippen LogP contribution in [-0.4, -0.2) is 0 Å². The molecule has 0 N–H and O–H groups in total. The van der Waals surface area contributed by atoms with Crippen LogP contribution in [0.4, 0.5) is 17.1 Å². The highest BCUT2D eigenvalue weighted by molar-refractivity contribution is 6.25. The minimum Gasteiger partial charge on any atom is -0.453 e. The summed E-state index contributed by atoms with van der Waals surface area (Å²) in [6, 6.07) is 70.7. The molecule has 0 aliphatic heterocycles. The Bertz CT molecular complexity index is 2500. The lowest BCUT2D eigenvalue weighted by Crippen LogP contribution is -2.09. The molecular formula is C48H33NO. The fraction of sp³-hybridized carbons (Fsp3) is 0. The number of anilines is 3. The summed E-state index contributed by atoms with van der Waals surface area (Å²) in [6.45, 7) is 0. The fourth-order valence-electron chi connectivity index (χ4n) is 7.34. The summed E-state index contributed by atoms with van der Waals surface area (Å²) in [4.78, 5) is 2.30. The van der Waals surface area contributed by atoms with Crippen LogP contribution in [0.15, 0.2) is 205 Å². The predicted molar refractivity (Wildman–Crippen MR) is 210 cm³/mol. The molecular weight excluding hydrogens is 607 g/mol. The average Bonchev–Trinajstić information content (AvgIpc) is 3.59. The van der Waals surface area contributed by atoms with Crippen molar-refractivity contribution in [2.45, 2.75) is 0 Å². The van der Waals surface area contributed by atoms with Crippen LogP contribution in [0, 0.1) is 0 Å². The van der Waals surface area contributed by atoms with Crippen molar-refractivity contribution in [2.24, 2.45) is 0 Å². The standard InChI is InChI=1S/C48H33NO/c1-7-20-34(21-8-1)42-43(35-22-9-2-10-23-35)45(37-26-13-4-14-27-37)48-46(44(42)36-24-11-3-12-25-36)40-32-19-33-41(47(40)50-48)49(38-28-15-5-16-29-38)39-30-17-6-18-31-39/h1-33H. The number of hydrogen-bond donors (Lipinski definition) is 0. The zero-order valence-corrected chi connectivity index (χ0v) is 27.4. The van der Waals surface area contributed by atoms with Crippen LogP contribution in [0.1, 0.15) is 0 Å². The zero-order chi connectivity index (χ0) is 33.3. The van der Waals surface area contributed by atoms with Crippen LogP contribution in [0.2, 0.25) is 0 Å². The molecule has 9 aromatic rings. The molecule has 0 saturated heterocycles. The molecule has 1 aromatic heterocycles. The smallest absolute Gasteiger partial charge is 0.159 e. The van der Waals surface area contributed by atoms with Crippen molar-refractivity contribution >= 4 is 39.0 Å². The van der Waals surface area contributed by atoms with E-state index in [-0.39, 0.29) is 0 Å². The van der Waals surface area contributed by atoms with Gasteiger partial charge in [0.25, 0.3) is 0 Å². The normalized spacial score (nSPS) is 11.2. The lowest BCUT2D eigenvalue weighted by atomic mass is 9.80. The van der Waals surface area contributed by atoms with Crippen LogP contribution >= 0.6 is 0 Å². The number of para-hydroxylation sites is 3. The molecule has 2 heteroatoms. The highest BCUT2D eigenvalue weighted by Crippen LogP contribution is 2.54. The molecule has 0 radical (unpaired) electrons. The van der Waals surface area contributed by atoms with E-state index >= 15 is 0 Å². The number of benzene rings is 8. The van der Waals surface area contributed by atoms with Gasteiger partial charge < -0.3 is 9.32 Å². The highest BCUT2D eigenvalue weighted by Gasteiger charge is 2.29. The van der Waals surface area contributed by atoms with Gasteiger partial charge in [-0.2, -0.15) is 0 Å². The molecule has 1 heterocycles. The Morgan fingerprint density at radius 1 is 0.300 bits per heavy atom. The van der Waals surface area contributed by atoms with E-state index in [1.165, 1.54) is 5.56 Å². The van der Waals surface area contributed by atoms with Crippen molar-refractivity contribution in [3.8, 4) is 44.5 Å². The molecule has 0 aliphatic carbocycles. The van der Waals surface area contributed by atoms with Gasteiger partial charge in [0.1, 0.15) is 5.58 Å². The first-order valence-electron chi connectivity index (χ1n) is 17.0. The minimum absolute atomic E-state index is 0.841. The van der Waals surface area contributed by atoms with Gasteiger partial charge in [0.05, 0.1) is 5.69 Å². The summed E-state index contributed by atoms with van der Waals surface area (Å²) in [5.41, 5.74) is 13.9. The summed E-state index contributed by atoms with van der Waals surface area (Å²) >= 11 is 0.